The van der Waals surface area contributed by atoms with Crippen LogP contribution in [0.25, 0.3) is 0 Å². The van der Waals surface area contributed by atoms with E-state index in [2.05, 4.69) is 18.7 Å². The third kappa shape index (κ3) is 3.89. The van der Waals surface area contributed by atoms with E-state index in [9.17, 15) is 4.79 Å². The standard InChI is InChI=1S/C12H18ClNOS/c1-4-5-9(2)14(3)8-10(15)11-6-7-12(13)16-11/h6-7,9H,4-5,8H2,1-3H3. The summed E-state index contributed by atoms with van der Waals surface area (Å²) in [6.07, 6.45) is 2.26. The molecule has 90 valence electrons. The van der Waals surface area contributed by atoms with E-state index in [0.29, 0.717) is 16.9 Å². The van der Waals surface area contributed by atoms with Crippen LogP contribution in [0.1, 0.15) is 36.4 Å². The van der Waals surface area contributed by atoms with Crippen LogP contribution in [0.3, 0.4) is 0 Å². The summed E-state index contributed by atoms with van der Waals surface area (Å²) in [5, 5.41) is 0. The Labute approximate surface area is 106 Å². The predicted octanol–water partition coefficient (Wildman–Crippen LogP) is 3.70. The third-order valence-corrected chi connectivity index (χ3v) is 3.97. The van der Waals surface area contributed by atoms with Gasteiger partial charge in [0.2, 0.25) is 0 Å². The Morgan fingerprint density at radius 3 is 2.75 bits per heavy atom. The van der Waals surface area contributed by atoms with Crippen LogP contribution in [0.2, 0.25) is 4.34 Å². The Bertz CT molecular complexity index is 351. The molecule has 1 atom stereocenters. The lowest BCUT2D eigenvalue weighted by Crippen LogP contribution is -2.33. The molecule has 4 heteroatoms. The first-order valence-corrected chi connectivity index (χ1v) is 6.72. The molecule has 0 aliphatic rings. The minimum absolute atomic E-state index is 0.155. The largest absolute Gasteiger partial charge is 0.296 e. The molecule has 0 spiro atoms. The van der Waals surface area contributed by atoms with E-state index in [0.717, 1.165) is 17.7 Å². The highest BCUT2D eigenvalue weighted by atomic mass is 35.5. The summed E-state index contributed by atoms with van der Waals surface area (Å²) in [6.45, 7) is 4.78. The highest BCUT2D eigenvalue weighted by Crippen LogP contribution is 2.22. The predicted molar refractivity (Wildman–Crippen MR) is 70.7 cm³/mol. The van der Waals surface area contributed by atoms with Gasteiger partial charge in [0.25, 0.3) is 0 Å². The lowest BCUT2D eigenvalue weighted by atomic mass is 10.1. The number of carbonyl (C=O) groups is 1. The average molecular weight is 260 g/mol. The molecule has 0 aliphatic heterocycles. The Morgan fingerprint density at radius 2 is 2.25 bits per heavy atom. The van der Waals surface area contributed by atoms with E-state index in [1.807, 2.05) is 7.05 Å². The van der Waals surface area contributed by atoms with Crippen LogP contribution in [0.5, 0.6) is 0 Å². The van der Waals surface area contributed by atoms with Gasteiger partial charge in [-0.25, -0.2) is 0 Å². The molecule has 1 unspecified atom stereocenters. The summed E-state index contributed by atoms with van der Waals surface area (Å²) >= 11 is 7.16. The van der Waals surface area contributed by atoms with Crippen molar-refractivity contribution in [1.82, 2.24) is 4.90 Å². The van der Waals surface area contributed by atoms with Crippen LogP contribution in [-0.4, -0.2) is 30.3 Å². The molecule has 0 fully saturated rings. The normalized spacial score (nSPS) is 13.1. The van der Waals surface area contributed by atoms with Crippen LogP contribution in [0, 0.1) is 0 Å². The summed E-state index contributed by atoms with van der Waals surface area (Å²) in [4.78, 5) is 14.7. The van der Waals surface area contributed by atoms with Crippen molar-refractivity contribution < 1.29 is 4.79 Å². The molecule has 0 radical (unpaired) electrons. The summed E-state index contributed by atoms with van der Waals surface area (Å²) in [7, 11) is 1.99. The lowest BCUT2D eigenvalue weighted by molar-refractivity contribution is 0.0925. The number of hydrogen-bond acceptors (Lipinski definition) is 3. The Kier molecular flexibility index (Phi) is 5.46. The van der Waals surface area contributed by atoms with E-state index in [-0.39, 0.29) is 5.78 Å². The molecule has 0 saturated carbocycles. The molecule has 0 amide bonds. The number of halogens is 1. The molecular formula is C12H18ClNOS. The number of carbonyl (C=O) groups excluding carboxylic acids is 1. The molecular weight excluding hydrogens is 242 g/mol. The molecule has 0 N–H and O–H groups in total. The molecule has 2 nitrogen and oxygen atoms in total. The maximum absolute atomic E-state index is 11.9. The van der Waals surface area contributed by atoms with Gasteiger partial charge in [0.15, 0.2) is 5.78 Å². The molecule has 1 aromatic rings. The maximum atomic E-state index is 11.9. The fourth-order valence-electron chi connectivity index (χ4n) is 1.56. The van der Waals surface area contributed by atoms with Crippen molar-refractivity contribution >= 4 is 28.7 Å². The number of hydrogen-bond donors (Lipinski definition) is 0. The van der Waals surface area contributed by atoms with Crippen molar-refractivity contribution in [1.29, 1.82) is 0 Å². The van der Waals surface area contributed by atoms with Gasteiger partial charge in [-0.15, -0.1) is 11.3 Å². The van der Waals surface area contributed by atoms with Gasteiger partial charge in [-0.05, 0) is 32.5 Å². The minimum Gasteiger partial charge on any atom is -0.296 e. The lowest BCUT2D eigenvalue weighted by Gasteiger charge is -2.23. The third-order valence-electron chi connectivity index (χ3n) is 2.70. The molecule has 0 saturated heterocycles. The summed E-state index contributed by atoms with van der Waals surface area (Å²) < 4.78 is 0.674. The number of likely N-dealkylation sites (N-methyl/N-ethyl adjacent to an activating group) is 1. The smallest absolute Gasteiger partial charge is 0.186 e. The monoisotopic (exact) mass is 259 g/mol. The van der Waals surface area contributed by atoms with Crippen LogP contribution in [0.15, 0.2) is 12.1 Å². The molecule has 1 aromatic heterocycles. The Hall–Kier alpha value is -0.380. The van der Waals surface area contributed by atoms with Crippen molar-refractivity contribution in [3.63, 3.8) is 0 Å². The van der Waals surface area contributed by atoms with Crippen molar-refractivity contribution in [2.24, 2.45) is 0 Å². The van der Waals surface area contributed by atoms with E-state index in [1.165, 1.54) is 11.3 Å². The van der Waals surface area contributed by atoms with E-state index in [4.69, 9.17) is 11.6 Å². The second-order valence-corrected chi connectivity index (χ2v) is 5.79. The molecule has 1 rings (SSSR count). The Morgan fingerprint density at radius 1 is 1.56 bits per heavy atom. The zero-order valence-corrected chi connectivity index (χ0v) is 11.6. The SMILES string of the molecule is CCCC(C)N(C)CC(=O)c1ccc(Cl)s1. The summed E-state index contributed by atoms with van der Waals surface area (Å²) in [5.74, 6) is 0.155. The minimum atomic E-state index is 0.155. The van der Waals surface area contributed by atoms with Crippen LogP contribution < -0.4 is 0 Å². The zero-order chi connectivity index (χ0) is 12.1. The van der Waals surface area contributed by atoms with Crippen LogP contribution in [0.4, 0.5) is 0 Å². The number of Topliss-reactive ketones (excluding diaryl/α,β-unsaturated/α-hetero) is 1. The highest BCUT2D eigenvalue weighted by molar-refractivity contribution is 7.18. The van der Waals surface area contributed by atoms with E-state index in [1.54, 1.807) is 12.1 Å². The number of nitrogens with zero attached hydrogens (tertiary/aromatic N) is 1. The Balaban J connectivity index is 2.51. The van der Waals surface area contributed by atoms with Gasteiger partial charge in [0.05, 0.1) is 15.8 Å². The number of thiophene rings is 1. The molecule has 0 bridgehead atoms. The molecule has 0 aliphatic carbocycles. The second kappa shape index (κ2) is 6.38. The van der Waals surface area contributed by atoms with E-state index >= 15 is 0 Å². The summed E-state index contributed by atoms with van der Waals surface area (Å²) in [6, 6.07) is 4.02. The van der Waals surface area contributed by atoms with Gasteiger partial charge < -0.3 is 0 Å². The van der Waals surface area contributed by atoms with Gasteiger partial charge in [-0.2, -0.15) is 0 Å². The van der Waals surface area contributed by atoms with Crippen molar-refractivity contribution in [3.8, 4) is 0 Å². The van der Waals surface area contributed by atoms with Crippen LogP contribution in [-0.2, 0) is 0 Å². The number of ketones is 1. The number of rotatable bonds is 6. The molecule has 16 heavy (non-hydrogen) atoms. The average Bonchev–Trinajstić information content (AvgIpc) is 2.65. The maximum Gasteiger partial charge on any atom is 0.186 e. The van der Waals surface area contributed by atoms with Gasteiger partial charge in [0, 0.05) is 6.04 Å². The van der Waals surface area contributed by atoms with E-state index < -0.39 is 0 Å². The summed E-state index contributed by atoms with van der Waals surface area (Å²) in [5.41, 5.74) is 0. The fourth-order valence-corrected chi connectivity index (χ4v) is 2.54. The molecule has 0 aromatic carbocycles. The van der Waals surface area contributed by atoms with Gasteiger partial charge >= 0.3 is 0 Å². The van der Waals surface area contributed by atoms with Crippen molar-refractivity contribution in [2.45, 2.75) is 32.7 Å². The topological polar surface area (TPSA) is 20.3 Å². The van der Waals surface area contributed by atoms with Gasteiger partial charge in [-0.1, -0.05) is 24.9 Å². The first-order chi connectivity index (χ1) is 7.54. The van der Waals surface area contributed by atoms with Crippen LogP contribution >= 0.6 is 22.9 Å². The second-order valence-electron chi connectivity index (χ2n) is 4.08. The first-order valence-electron chi connectivity index (χ1n) is 5.53. The highest BCUT2D eigenvalue weighted by Gasteiger charge is 2.15. The fraction of sp³-hybridized carbons (Fsp3) is 0.583. The first kappa shape index (κ1) is 13.7. The zero-order valence-electron chi connectivity index (χ0n) is 10.00. The quantitative estimate of drug-likeness (QED) is 0.726. The van der Waals surface area contributed by atoms with Gasteiger partial charge in [0.1, 0.15) is 0 Å². The van der Waals surface area contributed by atoms with Crippen molar-refractivity contribution in [3.05, 3.63) is 21.3 Å². The molecule has 1 heterocycles. The van der Waals surface area contributed by atoms with Gasteiger partial charge in [-0.3, -0.25) is 9.69 Å². The van der Waals surface area contributed by atoms with Crippen molar-refractivity contribution in [2.75, 3.05) is 13.6 Å².